The van der Waals surface area contributed by atoms with Gasteiger partial charge in [-0.1, -0.05) is 88.4 Å². The molecule has 0 spiro atoms. The Morgan fingerprint density at radius 1 is 0.667 bits per heavy atom. The average molecular weight is 646 g/mol. The van der Waals surface area contributed by atoms with E-state index in [1.165, 1.54) is 32.8 Å². The van der Waals surface area contributed by atoms with Crippen LogP contribution in [0.3, 0.4) is 0 Å². The summed E-state index contributed by atoms with van der Waals surface area (Å²) in [6.45, 7) is 13.4. The number of hydrogen-bond donors (Lipinski definition) is 1. The number of carbonyl (C=O) groups excluding carboxylic acids is 2. The first-order chi connectivity index (χ1) is 23.6. The lowest BCUT2D eigenvalue weighted by Gasteiger charge is -2.37. The van der Waals surface area contributed by atoms with Crippen LogP contribution in [-0.4, -0.2) is 66.0 Å². The number of fused-ring (bicyclic) bond motifs is 2. The molecule has 2 aliphatic heterocycles. The van der Waals surface area contributed by atoms with E-state index < -0.39 is 0 Å². The van der Waals surface area contributed by atoms with E-state index in [9.17, 15) is 14.7 Å². The monoisotopic (exact) mass is 645 g/mol. The average Bonchev–Trinajstić information content (AvgIpc) is 3.40. The number of phenols is 1. The standard InChI is InChI=1S/C38H39N3O3.2C2H6/c42-31-17-19-33-29(26-31)14-18-32(27-8-2-1-3-9-27)36(33)28-12-15-30(16-13-28)40-24-22-39(23-25-40)20-6-7-21-41-37(43)34-10-4-5-11-35(34)38(41)44;2*1-2/h1-5,8-13,15-17,19,26,32,36,42H,6-7,14,18,20-25H2;2*1-2H3. The Bertz CT molecular complexity index is 1610. The second-order valence-electron chi connectivity index (χ2n) is 12.4. The van der Waals surface area contributed by atoms with Crippen LogP contribution in [0.1, 0.15) is 102 Å². The number of carbonyl (C=O) groups is 2. The predicted octanol–water partition coefficient (Wildman–Crippen LogP) is 8.50. The second-order valence-corrected chi connectivity index (χ2v) is 12.4. The van der Waals surface area contributed by atoms with Crippen LogP contribution in [0.4, 0.5) is 5.69 Å². The van der Waals surface area contributed by atoms with Crippen molar-refractivity contribution in [3.05, 3.63) is 130 Å². The Kier molecular flexibility index (Phi) is 12.1. The first-order valence-electron chi connectivity index (χ1n) is 18.0. The maximum atomic E-state index is 12.6. The van der Waals surface area contributed by atoms with Crippen molar-refractivity contribution in [2.24, 2.45) is 0 Å². The van der Waals surface area contributed by atoms with Crippen LogP contribution in [-0.2, 0) is 6.42 Å². The first kappa shape index (κ1) is 34.9. The molecule has 48 heavy (non-hydrogen) atoms. The van der Waals surface area contributed by atoms with E-state index in [0.717, 1.165) is 58.4 Å². The number of piperazine rings is 1. The van der Waals surface area contributed by atoms with Crippen LogP contribution in [0, 0.1) is 0 Å². The SMILES string of the molecule is CC.CC.O=C1c2ccccc2C(=O)N1CCCCN1CCN(c2ccc(C3c4ccc(O)cc4CCC3c3ccccc3)cc2)CC1. The summed E-state index contributed by atoms with van der Waals surface area (Å²) in [6.07, 6.45) is 3.82. The highest BCUT2D eigenvalue weighted by Gasteiger charge is 2.35. The van der Waals surface area contributed by atoms with Gasteiger partial charge in [0.05, 0.1) is 11.1 Å². The van der Waals surface area contributed by atoms with Crippen molar-refractivity contribution in [3.8, 4) is 5.75 Å². The molecular formula is C42H51N3O3. The highest BCUT2D eigenvalue weighted by atomic mass is 16.3. The highest BCUT2D eigenvalue weighted by Crippen LogP contribution is 2.47. The number of benzene rings is 4. The second kappa shape index (κ2) is 16.6. The van der Waals surface area contributed by atoms with E-state index >= 15 is 0 Å². The molecule has 7 rings (SSSR count). The minimum Gasteiger partial charge on any atom is -0.508 e. The summed E-state index contributed by atoms with van der Waals surface area (Å²) in [6, 6.07) is 33.0. The maximum absolute atomic E-state index is 12.6. The van der Waals surface area contributed by atoms with Crippen molar-refractivity contribution in [1.82, 2.24) is 9.80 Å². The number of nitrogens with zero attached hydrogens (tertiary/aromatic N) is 3. The van der Waals surface area contributed by atoms with E-state index in [4.69, 9.17) is 0 Å². The molecule has 0 aromatic heterocycles. The molecule has 252 valence electrons. The van der Waals surface area contributed by atoms with Crippen molar-refractivity contribution in [2.75, 3.05) is 44.2 Å². The minimum atomic E-state index is -0.159. The zero-order valence-electron chi connectivity index (χ0n) is 29.1. The van der Waals surface area contributed by atoms with Crippen LogP contribution in [0.2, 0.25) is 0 Å². The van der Waals surface area contributed by atoms with Crippen molar-refractivity contribution in [2.45, 2.75) is 65.2 Å². The van der Waals surface area contributed by atoms with Crippen LogP contribution in [0.5, 0.6) is 5.75 Å². The highest BCUT2D eigenvalue weighted by molar-refractivity contribution is 6.21. The van der Waals surface area contributed by atoms with Crippen molar-refractivity contribution < 1.29 is 14.7 Å². The molecule has 3 aliphatic rings. The molecule has 4 aromatic carbocycles. The first-order valence-corrected chi connectivity index (χ1v) is 18.0. The van der Waals surface area contributed by atoms with Crippen molar-refractivity contribution >= 4 is 17.5 Å². The summed E-state index contributed by atoms with van der Waals surface area (Å²) < 4.78 is 0. The Hall–Kier alpha value is -4.42. The number of rotatable bonds is 8. The Labute approximate surface area is 287 Å². The fourth-order valence-corrected chi connectivity index (χ4v) is 7.45. The summed E-state index contributed by atoms with van der Waals surface area (Å²) in [5.74, 6) is 0.686. The molecule has 6 heteroatoms. The molecule has 2 unspecified atom stereocenters. The molecule has 0 saturated carbocycles. The Balaban J connectivity index is 0.00000109. The molecule has 1 N–H and O–H groups in total. The molecule has 1 aliphatic carbocycles. The van der Waals surface area contributed by atoms with Gasteiger partial charge in [-0.15, -0.1) is 0 Å². The third-order valence-electron chi connectivity index (χ3n) is 9.79. The van der Waals surface area contributed by atoms with Crippen LogP contribution >= 0.6 is 0 Å². The topological polar surface area (TPSA) is 64.1 Å². The molecule has 1 fully saturated rings. The molecule has 6 nitrogen and oxygen atoms in total. The number of imide groups is 1. The van der Waals surface area contributed by atoms with Crippen LogP contribution in [0.15, 0.2) is 97.1 Å². The number of unbranched alkanes of at least 4 members (excludes halogenated alkanes) is 1. The lowest BCUT2D eigenvalue weighted by Crippen LogP contribution is -2.46. The number of amides is 2. The normalized spacial score (nSPS) is 18.7. The number of phenolic OH excluding ortho intramolecular Hbond substituents is 1. The van der Waals surface area contributed by atoms with E-state index in [1.807, 2.05) is 52.0 Å². The quantitative estimate of drug-likeness (QED) is 0.154. The summed E-state index contributed by atoms with van der Waals surface area (Å²) in [7, 11) is 0. The van der Waals surface area contributed by atoms with E-state index in [-0.39, 0.29) is 17.7 Å². The van der Waals surface area contributed by atoms with Gasteiger partial charge in [0.25, 0.3) is 11.8 Å². The van der Waals surface area contributed by atoms with Gasteiger partial charge >= 0.3 is 0 Å². The predicted molar refractivity (Wildman–Crippen MR) is 196 cm³/mol. The lowest BCUT2D eigenvalue weighted by atomic mass is 9.69. The van der Waals surface area contributed by atoms with Gasteiger partial charge in [0.1, 0.15) is 5.75 Å². The fraction of sp³-hybridized carbons (Fsp3) is 0.381. The summed E-state index contributed by atoms with van der Waals surface area (Å²) >= 11 is 0. The Morgan fingerprint density at radius 3 is 1.92 bits per heavy atom. The van der Waals surface area contributed by atoms with E-state index in [1.54, 1.807) is 12.1 Å². The van der Waals surface area contributed by atoms with Gasteiger partial charge in [-0.05, 0) is 96.8 Å². The molecular weight excluding hydrogens is 594 g/mol. The van der Waals surface area contributed by atoms with Gasteiger partial charge < -0.3 is 10.0 Å². The maximum Gasteiger partial charge on any atom is 0.261 e. The largest absolute Gasteiger partial charge is 0.508 e. The minimum absolute atomic E-state index is 0.159. The molecule has 0 bridgehead atoms. The van der Waals surface area contributed by atoms with Gasteiger partial charge in [-0.3, -0.25) is 19.4 Å². The molecule has 2 heterocycles. The third kappa shape index (κ3) is 7.50. The zero-order valence-corrected chi connectivity index (χ0v) is 29.1. The third-order valence-corrected chi connectivity index (χ3v) is 9.79. The van der Waals surface area contributed by atoms with Crippen molar-refractivity contribution in [3.63, 3.8) is 0 Å². The summed E-state index contributed by atoms with van der Waals surface area (Å²) in [5, 5.41) is 10.1. The Morgan fingerprint density at radius 2 is 1.27 bits per heavy atom. The lowest BCUT2D eigenvalue weighted by molar-refractivity contribution is 0.0650. The van der Waals surface area contributed by atoms with Gasteiger partial charge in [0, 0.05) is 44.3 Å². The van der Waals surface area contributed by atoms with Crippen molar-refractivity contribution in [1.29, 1.82) is 0 Å². The van der Waals surface area contributed by atoms with E-state index in [0.29, 0.717) is 29.3 Å². The van der Waals surface area contributed by atoms with Gasteiger partial charge in [-0.25, -0.2) is 0 Å². The number of hydrogen-bond acceptors (Lipinski definition) is 5. The van der Waals surface area contributed by atoms with E-state index in [2.05, 4.69) is 70.5 Å². The fourth-order valence-electron chi connectivity index (χ4n) is 7.45. The molecule has 2 atom stereocenters. The van der Waals surface area contributed by atoms with Crippen LogP contribution < -0.4 is 4.90 Å². The number of aromatic hydroxyl groups is 1. The molecule has 0 radical (unpaired) electrons. The van der Waals surface area contributed by atoms with Gasteiger partial charge in [-0.2, -0.15) is 0 Å². The molecule has 4 aromatic rings. The number of anilines is 1. The van der Waals surface area contributed by atoms with Crippen LogP contribution in [0.25, 0.3) is 0 Å². The molecule has 2 amide bonds. The number of aryl methyl sites for hydroxylation is 1. The summed E-state index contributed by atoms with van der Waals surface area (Å²) in [4.78, 5) is 31.6. The zero-order chi connectivity index (χ0) is 34.0. The smallest absolute Gasteiger partial charge is 0.261 e. The van der Waals surface area contributed by atoms with Gasteiger partial charge in [0.2, 0.25) is 0 Å². The summed E-state index contributed by atoms with van der Waals surface area (Å²) in [5.41, 5.74) is 7.60. The molecule has 1 saturated heterocycles. The van der Waals surface area contributed by atoms with Gasteiger partial charge in [0.15, 0.2) is 0 Å².